The number of rotatable bonds is 8. The van der Waals surface area contributed by atoms with Gasteiger partial charge in [-0.3, -0.25) is 0 Å². The van der Waals surface area contributed by atoms with E-state index in [2.05, 4.69) is 65.3 Å². The van der Waals surface area contributed by atoms with Gasteiger partial charge in [0.05, 0.1) is 7.11 Å². The lowest BCUT2D eigenvalue weighted by Gasteiger charge is -2.34. The second-order valence-corrected chi connectivity index (χ2v) is 7.33. The summed E-state index contributed by atoms with van der Waals surface area (Å²) in [7, 11) is 1.75. The number of nitrogens with zero attached hydrogens (tertiary/aromatic N) is 2. The van der Waals surface area contributed by atoms with Crippen LogP contribution in [0.25, 0.3) is 0 Å². The SMILES string of the molecule is COc1cc(CCN2CCN(CCCc3ccccc3)CC2)ccc1C. The van der Waals surface area contributed by atoms with Crippen molar-refractivity contribution in [2.45, 2.75) is 26.2 Å². The van der Waals surface area contributed by atoms with Crippen LogP contribution in [0.3, 0.4) is 0 Å². The molecule has 0 saturated carbocycles. The number of ether oxygens (including phenoxy) is 1. The third-order valence-corrected chi connectivity index (χ3v) is 5.44. The molecule has 0 amide bonds. The second kappa shape index (κ2) is 9.75. The zero-order chi connectivity index (χ0) is 18.2. The normalized spacial score (nSPS) is 15.9. The lowest BCUT2D eigenvalue weighted by atomic mass is 10.1. The Labute approximate surface area is 158 Å². The fraction of sp³-hybridized carbons (Fsp3) is 0.478. The molecule has 140 valence electrons. The van der Waals surface area contributed by atoms with Crippen LogP contribution in [0.4, 0.5) is 0 Å². The number of benzene rings is 2. The quantitative estimate of drug-likeness (QED) is 0.719. The fourth-order valence-corrected chi connectivity index (χ4v) is 3.70. The minimum atomic E-state index is 1.01. The lowest BCUT2D eigenvalue weighted by molar-refractivity contribution is 0.132. The molecule has 0 aliphatic carbocycles. The van der Waals surface area contributed by atoms with E-state index < -0.39 is 0 Å². The number of hydrogen-bond donors (Lipinski definition) is 0. The minimum Gasteiger partial charge on any atom is -0.496 e. The third-order valence-electron chi connectivity index (χ3n) is 5.44. The maximum Gasteiger partial charge on any atom is 0.122 e. The molecule has 0 bridgehead atoms. The molecule has 0 N–H and O–H groups in total. The Morgan fingerprint density at radius 2 is 1.50 bits per heavy atom. The first kappa shape index (κ1) is 18.9. The molecular weight excluding hydrogens is 320 g/mol. The van der Waals surface area contributed by atoms with Gasteiger partial charge in [-0.1, -0.05) is 42.5 Å². The Bertz CT molecular complexity index is 663. The van der Waals surface area contributed by atoms with Gasteiger partial charge in [0.25, 0.3) is 0 Å². The maximum absolute atomic E-state index is 5.44. The summed E-state index contributed by atoms with van der Waals surface area (Å²) in [5, 5.41) is 0. The summed E-state index contributed by atoms with van der Waals surface area (Å²) >= 11 is 0. The second-order valence-electron chi connectivity index (χ2n) is 7.33. The molecule has 1 heterocycles. The van der Waals surface area contributed by atoms with E-state index in [1.165, 1.54) is 62.3 Å². The van der Waals surface area contributed by atoms with Crippen molar-refractivity contribution in [3.05, 3.63) is 65.2 Å². The van der Waals surface area contributed by atoms with Gasteiger partial charge >= 0.3 is 0 Å². The Balaban J connectivity index is 1.35. The molecule has 3 nitrogen and oxygen atoms in total. The number of hydrogen-bond acceptors (Lipinski definition) is 3. The van der Waals surface area contributed by atoms with E-state index in [1.54, 1.807) is 7.11 Å². The largest absolute Gasteiger partial charge is 0.496 e. The van der Waals surface area contributed by atoms with Gasteiger partial charge in [-0.2, -0.15) is 0 Å². The molecule has 1 aliphatic heterocycles. The zero-order valence-corrected chi connectivity index (χ0v) is 16.3. The molecule has 0 radical (unpaired) electrons. The predicted molar refractivity (Wildman–Crippen MR) is 109 cm³/mol. The number of piperazine rings is 1. The molecular formula is C23H32N2O. The summed E-state index contributed by atoms with van der Waals surface area (Å²) in [6.07, 6.45) is 3.55. The summed E-state index contributed by atoms with van der Waals surface area (Å²) in [4.78, 5) is 5.22. The first-order valence-corrected chi connectivity index (χ1v) is 9.87. The molecule has 1 saturated heterocycles. The molecule has 0 atom stereocenters. The summed E-state index contributed by atoms with van der Waals surface area (Å²) < 4.78 is 5.44. The van der Waals surface area contributed by atoms with E-state index in [0.29, 0.717) is 0 Å². The smallest absolute Gasteiger partial charge is 0.122 e. The molecule has 3 heteroatoms. The van der Waals surface area contributed by atoms with Crippen molar-refractivity contribution >= 4 is 0 Å². The highest BCUT2D eigenvalue weighted by atomic mass is 16.5. The van der Waals surface area contributed by atoms with Gasteiger partial charge in [0.2, 0.25) is 0 Å². The Kier molecular flexibility index (Phi) is 7.10. The first-order chi connectivity index (χ1) is 12.7. The third kappa shape index (κ3) is 5.58. The van der Waals surface area contributed by atoms with Crippen LogP contribution in [-0.4, -0.2) is 56.2 Å². The van der Waals surface area contributed by atoms with Crippen molar-refractivity contribution in [1.82, 2.24) is 9.80 Å². The number of methoxy groups -OCH3 is 1. The van der Waals surface area contributed by atoms with Gasteiger partial charge in [0, 0.05) is 32.7 Å². The molecule has 1 fully saturated rings. The van der Waals surface area contributed by atoms with E-state index in [-0.39, 0.29) is 0 Å². The van der Waals surface area contributed by atoms with Crippen LogP contribution in [0.5, 0.6) is 5.75 Å². The predicted octanol–water partition coefficient (Wildman–Crippen LogP) is 3.80. The monoisotopic (exact) mass is 352 g/mol. The standard InChI is InChI=1S/C23H32N2O/c1-20-10-11-22(19-23(20)26-2)12-14-25-17-15-24(16-18-25)13-6-9-21-7-4-3-5-8-21/h3-5,7-8,10-11,19H,6,9,12-18H2,1-2H3. The van der Waals surface area contributed by atoms with Gasteiger partial charge in [-0.05, 0) is 55.5 Å². The molecule has 0 unspecified atom stereocenters. The Morgan fingerprint density at radius 1 is 0.808 bits per heavy atom. The van der Waals surface area contributed by atoms with Crippen molar-refractivity contribution < 1.29 is 4.74 Å². The summed E-state index contributed by atoms with van der Waals surface area (Å²) in [5.41, 5.74) is 4.04. The topological polar surface area (TPSA) is 15.7 Å². The summed E-state index contributed by atoms with van der Waals surface area (Å²) in [6.45, 7) is 9.24. The average Bonchev–Trinajstić information content (AvgIpc) is 2.69. The van der Waals surface area contributed by atoms with Gasteiger partial charge < -0.3 is 14.5 Å². The minimum absolute atomic E-state index is 1.01. The summed E-state index contributed by atoms with van der Waals surface area (Å²) in [6, 6.07) is 17.4. The van der Waals surface area contributed by atoms with E-state index in [0.717, 1.165) is 18.7 Å². The van der Waals surface area contributed by atoms with Crippen LogP contribution in [0.1, 0.15) is 23.1 Å². The fourth-order valence-electron chi connectivity index (χ4n) is 3.70. The van der Waals surface area contributed by atoms with Crippen molar-refractivity contribution in [3.8, 4) is 5.75 Å². The van der Waals surface area contributed by atoms with E-state index >= 15 is 0 Å². The average molecular weight is 353 g/mol. The van der Waals surface area contributed by atoms with Crippen LogP contribution >= 0.6 is 0 Å². The van der Waals surface area contributed by atoms with Gasteiger partial charge in [0.1, 0.15) is 5.75 Å². The van der Waals surface area contributed by atoms with E-state index in [4.69, 9.17) is 4.74 Å². The Hall–Kier alpha value is -1.84. The van der Waals surface area contributed by atoms with Crippen LogP contribution < -0.4 is 4.74 Å². The van der Waals surface area contributed by atoms with Crippen LogP contribution in [0.2, 0.25) is 0 Å². The highest BCUT2D eigenvalue weighted by Gasteiger charge is 2.16. The van der Waals surface area contributed by atoms with Gasteiger partial charge in [-0.15, -0.1) is 0 Å². The van der Waals surface area contributed by atoms with Crippen molar-refractivity contribution in [1.29, 1.82) is 0 Å². The molecule has 0 spiro atoms. The van der Waals surface area contributed by atoms with Crippen LogP contribution in [0, 0.1) is 6.92 Å². The van der Waals surface area contributed by atoms with Crippen molar-refractivity contribution in [2.75, 3.05) is 46.4 Å². The van der Waals surface area contributed by atoms with Gasteiger partial charge in [0.15, 0.2) is 0 Å². The van der Waals surface area contributed by atoms with Crippen LogP contribution in [-0.2, 0) is 12.8 Å². The van der Waals surface area contributed by atoms with E-state index in [9.17, 15) is 0 Å². The highest BCUT2D eigenvalue weighted by Crippen LogP contribution is 2.19. The number of aryl methyl sites for hydroxylation is 2. The molecule has 1 aliphatic rings. The van der Waals surface area contributed by atoms with Crippen LogP contribution in [0.15, 0.2) is 48.5 Å². The lowest BCUT2D eigenvalue weighted by Crippen LogP contribution is -2.47. The molecule has 26 heavy (non-hydrogen) atoms. The van der Waals surface area contributed by atoms with Gasteiger partial charge in [-0.25, -0.2) is 0 Å². The summed E-state index contributed by atoms with van der Waals surface area (Å²) in [5.74, 6) is 1.01. The molecule has 2 aromatic carbocycles. The highest BCUT2D eigenvalue weighted by molar-refractivity contribution is 5.36. The Morgan fingerprint density at radius 3 is 2.19 bits per heavy atom. The molecule has 2 aromatic rings. The van der Waals surface area contributed by atoms with Crippen molar-refractivity contribution in [3.63, 3.8) is 0 Å². The van der Waals surface area contributed by atoms with E-state index in [1.807, 2.05) is 0 Å². The first-order valence-electron chi connectivity index (χ1n) is 9.87. The van der Waals surface area contributed by atoms with Crippen molar-refractivity contribution in [2.24, 2.45) is 0 Å². The maximum atomic E-state index is 5.44. The molecule has 0 aromatic heterocycles. The molecule has 3 rings (SSSR count). The zero-order valence-electron chi connectivity index (χ0n) is 16.3.